The molecular formula is C16H18O8. The lowest BCUT2D eigenvalue weighted by Gasteiger charge is -2.34. The molecule has 1 aliphatic rings. The maximum atomic E-state index is 11.8. The van der Waals surface area contributed by atoms with Crippen molar-refractivity contribution in [2.24, 2.45) is 5.92 Å². The van der Waals surface area contributed by atoms with Crippen molar-refractivity contribution in [2.45, 2.75) is 31.2 Å². The number of aliphatic hydroxyl groups is 2. The van der Waals surface area contributed by atoms with Crippen molar-refractivity contribution in [2.75, 3.05) is 0 Å². The van der Waals surface area contributed by atoms with Gasteiger partial charge in [0, 0.05) is 12.5 Å². The van der Waals surface area contributed by atoms with Gasteiger partial charge < -0.3 is 30.3 Å². The second kappa shape index (κ2) is 7.33. The molecule has 0 spiro atoms. The van der Waals surface area contributed by atoms with Gasteiger partial charge in [0.25, 0.3) is 0 Å². The summed E-state index contributed by atoms with van der Waals surface area (Å²) in [6.45, 7) is 0. The number of esters is 1. The van der Waals surface area contributed by atoms with Gasteiger partial charge >= 0.3 is 11.9 Å². The maximum Gasteiger partial charge on any atom is 0.331 e. The average molecular weight is 338 g/mol. The molecule has 0 aliphatic heterocycles. The Morgan fingerprint density at radius 2 is 1.83 bits per heavy atom. The fourth-order valence-corrected chi connectivity index (χ4v) is 2.51. The van der Waals surface area contributed by atoms with Crippen LogP contribution in [-0.2, 0) is 14.3 Å². The second-order valence-electron chi connectivity index (χ2n) is 5.62. The van der Waals surface area contributed by atoms with Gasteiger partial charge in [-0.15, -0.1) is 0 Å². The van der Waals surface area contributed by atoms with E-state index in [1.165, 1.54) is 24.3 Å². The summed E-state index contributed by atoms with van der Waals surface area (Å²) < 4.78 is 5.02. The molecular weight excluding hydrogens is 320 g/mol. The predicted octanol–water partition coefficient (Wildman–Crippen LogP) is 0.239. The molecule has 0 saturated heterocycles. The van der Waals surface area contributed by atoms with E-state index in [1.807, 2.05) is 0 Å². The number of phenols is 2. The van der Waals surface area contributed by atoms with Crippen LogP contribution in [0.15, 0.2) is 24.3 Å². The molecule has 8 heteroatoms. The van der Waals surface area contributed by atoms with Gasteiger partial charge in [0.1, 0.15) is 12.2 Å². The van der Waals surface area contributed by atoms with Crippen LogP contribution in [0.2, 0.25) is 0 Å². The van der Waals surface area contributed by atoms with Crippen LogP contribution in [0.25, 0.3) is 6.08 Å². The highest BCUT2D eigenvalue weighted by molar-refractivity contribution is 5.87. The Labute approximate surface area is 137 Å². The van der Waals surface area contributed by atoms with Gasteiger partial charge in [-0.05, 0) is 30.2 Å². The summed E-state index contributed by atoms with van der Waals surface area (Å²) in [6, 6.07) is 3.94. The van der Waals surface area contributed by atoms with E-state index in [0.717, 1.165) is 6.08 Å². The number of carbonyl (C=O) groups excluding carboxylic acids is 1. The third kappa shape index (κ3) is 4.24. The zero-order chi connectivity index (χ0) is 17.9. The number of aliphatic hydroxyl groups excluding tert-OH is 2. The lowest BCUT2D eigenvalue weighted by atomic mass is 9.83. The van der Waals surface area contributed by atoms with Crippen molar-refractivity contribution in [3.8, 4) is 11.5 Å². The Balaban J connectivity index is 2.00. The van der Waals surface area contributed by atoms with Crippen LogP contribution in [0.3, 0.4) is 0 Å². The Kier molecular flexibility index (Phi) is 5.42. The second-order valence-corrected chi connectivity index (χ2v) is 5.62. The minimum absolute atomic E-state index is 0.0901. The summed E-state index contributed by atoms with van der Waals surface area (Å²) in [4.78, 5) is 22.8. The summed E-state index contributed by atoms with van der Waals surface area (Å²) in [7, 11) is 0. The highest BCUT2D eigenvalue weighted by atomic mass is 16.6. The van der Waals surface area contributed by atoms with E-state index in [1.54, 1.807) is 0 Å². The number of aromatic hydroxyl groups is 2. The van der Waals surface area contributed by atoms with E-state index >= 15 is 0 Å². The van der Waals surface area contributed by atoms with Gasteiger partial charge in [0.15, 0.2) is 11.5 Å². The number of benzene rings is 1. The molecule has 0 amide bonds. The molecule has 1 aliphatic carbocycles. The number of hydrogen-bond acceptors (Lipinski definition) is 7. The Bertz CT molecular complexity index is 653. The standard InChI is InChI=1S/C16H18O8/c17-10-3-1-8(5-11(10)18)2-4-14(20)24-13-7-9(16(22)23)6-12(19)15(13)21/h1-5,9,12-13,15,17-19,21H,6-7H2,(H,22,23)/t9-,12+,13+,15-/m1/s1. The number of aliphatic carboxylic acids is 1. The Hall–Kier alpha value is -2.58. The quantitative estimate of drug-likeness (QED) is 0.298. The predicted molar refractivity (Wildman–Crippen MR) is 81.1 cm³/mol. The van der Waals surface area contributed by atoms with Crippen LogP contribution in [0.5, 0.6) is 11.5 Å². The van der Waals surface area contributed by atoms with Crippen molar-refractivity contribution in [3.05, 3.63) is 29.8 Å². The number of phenolic OH excluding ortho intramolecular Hbond substituents is 2. The summed E-state index contributed by atoms with van der Waals surface area (Å²) in [6.07, 6.45) is -1.59. The molecule has 1 aromatic rings. The zero-order valence-electron chi connectivity index (χ0n) is 12.6. The number of carboxylic acid groups (broad SMARTS) is 1. The van der Waals surface area contributed by atoms with Crippen LogP contribution >= 0.6 is 0 Å². The lowest BCUT2D eigenvalue weighted by molar-refractivity contribution is -0.169. The average Bonchev–Trinajstić information content (AvgIpc) is 2.52. The van der Waals surface area contributed by atoms with Crippen LogP contribution in [0, 0.1) is 5.92 Å². The van der Waals surface area contributed by atoms with Crippen molar-refractivity contribution in [1.82, 2.24) is 0 Å². The number of carbonyl (C=O) groups is 2. The van der Waals surface area contributed by atoms with Gasteiger partial charge in [-0.25, -0.2) is 4.79 Å². The molecule has 5 N–H and O–H groups in total. The highest BCUT2D eigenvalue weighted by Crippen LogP contribution is 2.28. The first-order chi connectivity index (χ1) is 11.3. The molecule has 1 saturated carbocycles. The minimum Gasteiger partial charge on any atom is -0.504 e. The smallest absolute Gasteiger partial charge is 0.331 e. The first kappa shape index (κ1) is 17.8. The summed E-state index contributed by atoms with van der Waals surface area (Å²) in [5.74, 6) is -3.50. The topological polar surface area (TPSA) is 145 Å². The Morgan fingerprint density at radius 3 is 2.46 bits per heavy atom. The van der Waals surface area contributed by atoms with E-state index in [4.69, 9.17) is 9.84 Å². The first-order valence-electron chi connectivity index (χ1n) is 7.27. The number of ether oxygens (including phenoxy) is 1. The summed E-state index contributed by atoms with van der Waals surface area (Å²) >= 11 is 0. The highest BCUT2D eigenvalue weighted by Gasteiger charge is 2.40. The van der Waals surface area contributed by atoms with E-state index in [2.05, 4.69) is 0 Å². The minimum atomic E-state index is -1.35. The van der Waals surface area contributed by atoms with Crippen molar-refractivity contribution >= 4 is 18.0 Å². The van der Waals surface area contributed by atoms with E-state index in [-0.39, 0.29) is 24.3 Å². The van der Waals surface area contributed by atoms with Crippen LogP contribution < -0.4 is 0 Å². The molecule has 1 fully saturated rings. The molecule has 0 heterocycles. The molecule has 2 rings (SSSR count). The Morgan fingerprint density at radius 1 is 1.12 bits per heavy atom. The molecule has 0 bridgehead atoms. The van der Waals surface area contributed by atoms with Gasteiger partial charge in [-0.3, -0.25) is 4.79 Å². The van der Waals surface area contributed by atoms with E-state index < -0.39 is 36.2 Å². The van der Waals surface area contributed by atoms with Crippen LogP contribution in [0.1, 0.15) is 18.4 Å². The summed E-state index contributed by atoms with van der Waals surface area (Å²) in [5.41, 5.74) is 0.426. The van der Waals surface area contributed by atoms with Crippen molar-refractivity contribution in [3.63, 3.8) is 0 Å². The molecule has 0 aromatic heterocycles. The van der Waals surface area contributed by atoms with E-state index in [0.29, 0.717) is 5.56 Å². The molecule has 4 atom stereocenters. The molecule has 0 unspecified atom stereocenters. The van der Waals surface area contributed by atoms with Crippen molar-refractivity contribution in [1.29, 1.82) is 0 Å². The molecule has 8 nitrogen and oxygen atoms in total. The largest absolute Gasteiger partial charge is 0.504 e. The maximum absolute atomic E-state index is 11.8. The van der Waals surface area contributed by atoms with Crippen molar-refractivity contribution < 1.29 is 39.9 Å². The summed E-state index contributed by atoms with van der Waals surface area (Å²) in [5, 5.41) is 47.1. The SMILES string of the molecule is O=C(C=Cc1ccc(O)c(O)c1)O[C@H]1C[C@H](C(=O)O)C[C@H](O)[C@H]1O. The van der Waals surface area contributed by atoms with Gasteiger partial charge in [0.05, 0.1) is 12.0 Å². The van der Waals surface area contributed by atoms with Crippen LogP contribution in [-0.4, -0.2) is 55.8 Å². The fourth-order valence-electron chi connectivity index (χ4n) is 2.51. The third-order valence-corrected chi connectivity index (χ3v) is 3.85. The third-order valence-electron chi connectivity index (χ3n) is 3.85. The van der Waals surface area contributed by atoms with Crippen LogP contribution in [0.4, 0.5) is 0 Å². The number of rotatable bonds is 4. The molecule has 24 heavy (non-hydrogen) atoms. The molecule has 0 radical (unpaired) electrons. The monoisotopic (exact) mass is 338 g/mol. The number of hydrogen-bond donors (Lipinski definition) is 5. The zero-order valence-corrected chi connectivity index (χ0v) is 12.6. The van der Waals surface area contributed by atoms with Gasteiger partial charge in [-0.2, -0.15) is 0 Å². The normalized spacial score (nSPS) is 27.1. The first-order valence-corrected chi connectivity index (χ1v) is 7.27. The van der Waals surface area contributed by atoms with Gasteiger partial charge in [0.2, 0.25) is 0 Å². The van der Waals surface area contributed by atoms with Gasteiger partial charge in [-0.1, -0.05) is 6.07 Å². The van der Waals surface area contributed by atoms with E-state index in [9.17, 15) is 30.0 Å². The lowest BCUT2D eigenvalue weighted by Crippen LogP contribution is -2.48. The molecule has 130 valence electrons. The molecule has 1 aromatic carbocycles. The fraction of sp³-hybridized carbons (Fsp3) is 0.375. The number of carboxylic acids is 1.